The summed E-state index contributed by atoms with van der Waals surface area (Å²) in [5.41, 5.74) is 13.4. The summed E-state index contributed by atoms with van der Waals surface area (Å²) in [6.07, 6.45) is 7.37. The molecule has 8 aromatic carbocycles. The minimum Gasteiger partial charge on any atom is -0.309 e. The van der Waals surface area contributed by atoms with Crippen LogP contribution in [-0.2, 0) is 0 Å². The number of fused-ring (bicyclic) bond motifs is 5. The van der Waals surface area contributed by atoms with E-state index in [0.717, 1.165) is 88.9 Å². The highest BCUT2D eigenvalue weighted by atomic mass is 15.2. The first-order valence-electron chi connectivity index (χ1n) is 22.0. The van der Waals surface area contributed by atoms with Gasteiger partial charge in [0, 0.05) is 56.6 Å². The van der Waals surface area contributed by atoms with Crippen molar-refractivity contribution in [2.45, 2.75) is 0 Å². The third kappa shape index (κ3) is 7.11. The Morgan fingerprint density at radius 1 is 0.333 bits per heavy atom. The van der Waals surface area contributed by atoms with E-state index < -0.39 is 0 Å². The van der Waals surface area contributed by atoms with Crippen LogP contribution < -0.4 is 4.90 Å². The number of pyridine rings is 2. The van der Waals surface area contributed by atoms with Crippen molar-refractivity contribution >= 4 is 49.6 Å². The van der Waals surface area contributed by atoms with E-state index in [0.29, 0.717) is 17.5 Å². The summed E-state index contributed by atoms with van der Waals surface area (Å²) in [4.78, 5) is 26.7. The molecule has 4 heterocycles. The molecule has 0 unspecified atom stereocenters. The summed E-state index contributed by atoms with van der Waals surface area (Å²) in [5, 5.41) is 4.60. The Labute approximate surface area is 381 Å². The van der Waals surface area contributed by atoms with Crippen LogP contribution in [-0.4, -0.2) is 29.5 Å². The fraction of sp³-hybridized carbons (Fsp3) is 0. The molecule has 0 saturated heterocycles. The van der Waals surface area contributed by atoms with Crippen LogP contribution in [0.5, 0.6) is 0 Å². The zero-order chi connectivity index (χ0) is 43.8. The average Bonchev–Trinajstić information content (AvgIpc) is 3.74. The quantitative estimate of drug-likeness (QED) is 0.144. The molecule has 0 aliphatic carbocycles. The molecule has 0 bridgehead atoms. The zero-order valence-electron chi connectivity index (χ0n) is 35.6. The van der Waals surface area contributed by atoms with Crippen LogP contribution in [0.25, 0.3) is 94.7 Å². The summed E-state index contributed by atoms with van der Waals surface area (Å²) in [5.74, 6) is 1.80. The Morgan fingerprint density at radius 2 is 0.864 bits per heavy atom. The number of aromatic nitrogens is 6. The first-order chi connectivity index (χ1) is 32.7. The Bertz CT molecular complexity index is 3530. The molecule has 4 aromatic heterocycles. The smallest absolute Gasteiger partial charge is 0.164 e. The third-order valence-corrected chi connectivity index (χ3v) is 12.2. The topological polar surface area (TPSA) is 72.6 Å². The second-order valence-corrected chi connectivity index (χ2v) is 16.2. The molecular formula is C59H39N7. The van der Waals surface area contributed by atoms with Gasteiger partial charge >= 0.3 is 0 Å². The Kier molecular flexibility index (Phi) is 9.69. The lowest BCUT2D eigenvalue weighted by molar-refractivity contribution is 1.07. The molecule has 0 amide bonds. The van der Waals surface area contributed by atoms with Gasteiger partial charge < -0.3 is 9.47 Å². The molecule has 66 heavy (non-hydrogen) atoms. The van der Waals surface area contributed by atoms with Gasteiger partial charge in [-0.2, -0.15) is 0 Å². The van der Waals surface area contributed by atoms with E-state index in [4.69, 9.17) is 15.0 Å². The molecule has 0 saturated carbocycles. The normalized spacial score (nSPS) is 11.3. The van der Waals surface area contributed by atoms with Crippen molar-refractivity contribution in [3.8, 4) is 62.1 Å². The molecule has 0 atom stereocenters. The van der Waals surface area contributed by atoms with Crippen LogP contribution in [0.4, 0.5) is 17.1 Å². The lowest BCUT2D eigenvalue weighted by atomic mass is 10.0. The van der Waals surface area contributed by atoms with Gasteiger partial charge in [-0.15, -0.1) is 0 Å². The van der Waals surface area contributed by atoms with E-state index in [9.17, 15) is 0 Å². The maximum Gasteiger partial charge on any atom is 0.164 e. The predicted molar refractivity (Wildman–Crippen MR) is 269 cm³/mol. The minimum absolute atomic E-state index is 0.590. The third-order valence-electron chi connectivity index (χ3n) is 12.2. The summed E-state index contributed by atoms with van der Waals surface area (Å²) in [7, 11) is 0. The molecule has 0 radical (unpaired) electrons. The number of hydrogen-bond acceptors (Lipinski definition) is 6. The standard InChI is InChI=1S/C59H39N7/c1-3-12-40(13-4-1)42-22-26-45(27-23-42)57-62-58(46-28-24-43(25-29-46)41-14-5-2-6-15-41)64-59(63-57)47-17-9-18-48(36-47)66-55-33-31-49(65(50-19-10-34-60-38-50)51-20-11-35-61-39-51)37-54(55)53-32-30-44-16-7-8-21-52(44)56(53)66/h1-39H. The van der Waals surface area contributed by atoms with E-state index in [2.05, 4.69) is 207 Å². The van der Waals surface area contributed by atoms with Crippen molar-refractivity contribution in [1.82, 2.24) is 29.5 Å². The van der Waals surface area contributed by atoms with E-state index in [1.54, 1.807) is 12.4 Å². The maximum atomic E-state index is 5.21. The number of rotatable bonds is 9. The molecular weight excluding hydrogens is 807 g/mol. The number of hydrogen-bond donors (Lipinski definition) is 0. The average molecular weight is 846 g/mol. The van der Waals surface area contributed by atoms with Crippen molar-refractivity contribution in [2.24, 2.45) is 0 Å². The van der Waals surface area contributed by atoms with E-state index >= 15 is 0 Å². The highest BCUT2D eigenvalue weighted by Crippen LogP contribution is 2.42. The van der Waals surface area contributed by atoms with Crippen molar-refractivity contribution in [3.05, 3.63) is 237 Å². The summed E-state index contributed by atoms with van der Waals surface area (Å²) >= 11 is 0. The largest absolute Gasteiger partial charge is 0.309 e. The van der Waals surface area contributed by atoms with Gasteiger partial charge in [0.05, 0.1) is 34.8 Å². The van der Waals surface area contributed by atoms with Crippen molar-refractivity contribution in [3.63, 3.8) is 0 Å². The molecule has 0 aliphatic heterocycles. The van der Waals surface area contributed by atoms with Gasteiger partial charge in [-0.3, -0.25) is 9.97 Å². The van der Waals surface area contributed by atoms with Crippen LogP contribution in [0, 0.1) is 0 Å². The Morgan fingerprint density at radius 3 is 1.45 bits per heavy atom. The zero-order valence-corrected chi connectivity index (χ0v) is 35.6. The van der Waals surface area contributed by atoms with Gasteiger partial charge in [0.25, 0.3) is 0 Å². The van der Waals surface area contributed by atoms with Gasteiger partial charge in [0.15, 0.2) is 17.5 Å². The highest BCUT2D eigenvalue weighted by molar-refractivity contribution is 6.19. The van der Waals surface area contributed by atoms with Crippen molar-refractivity contribution in [1.29, 1.82) is 0 Å². The lowest BCUT2D eigenvalue weighted by Gasteiger charge is -2.24. The van der Waals surface area contributed by atoms with Gasteiger partial charge in [-0.05, 0) is 82.2 Å². The summed E-state index contributed by atoms with van der Waals surface area (Å²) < 4.78 is 2.38. The Balaban J connectivity index is 1.02. The number of anilines is 3. The molecule has 7 nitrogen and oxygen atoms in total. The van der Waals surface area contributed by atoms with Crippen LogP contribution in [0.2, 0.25) is 0 Å². The lowest BCUT2D eigenvalue weighted by Crippen LogP contribution is -2.10. The summed E-state index contributed by atoms with van der Waals surface area (Å²) in [6.45, 7) is 0. The monoisotopic (exact) mass is 845 g/mol. The minimum atomic E-state index is 0.590. The van der Waals surface area contributed by atoms with Crippen LogP contribution in [0.3, 0.4) is 0 Å². The second kappa shape index (κ2) is 16.6. The molecule has 0 fully saturated rings. The van der Waals surface area contributed by atoms with Crippen LogP contribution >= 0.6 is 0 Å². The van der Waals surface area contributed by atoms with Gasteiger partial charge in [-0.25, -0.2) is 15.0 Å². The first-order valence-corrected chi connectivity index (χ1v) is 22.0. The number of nitrogens with zero attached hydrogens (tertiary/aromatic N) is 7. The molecule has 0 aliphatic rings. The fourth-order valence-electron chi connectivity index (χ4n) is 9.03. The molecule has 12 rings (SSSR count). The van der Waals surface area contributed by atoms with E-state index in [-0.39, 0.29) is 0 Å². The fourth-order valence-corrected chi connectivity index (χ4v) is 9.03. The van der Waals surface area contributed by atoms with E-state index in [1.165, 1.54) is 5.39 Å². The maximum absolute atomic E-state index is 5.21. The second-order valence-electron chi connectivity index (χ2n) is 16.2. The Hall–Kier alpha value is -9.07. The van der Waals surface area contributed by atoms with Crippen molar-refractivity contribution in [2.75, 3.05) is 4.90 Å². The van der Waals surface area contributed by atoms with Gasteiger partial charge in [0.2, 0.25) is 0 Å². The SMILES string of the molecule is c1ccc(-c2ccc(-c3nc(-c4ccc(-c5ccccc5)cc4)nc(-c4cccc(-n5c6ccc(N(c7cccnc7)c7cccnc7)cc6c6ccc7ccccc7c65)c4)n3)cc2)cc1. The van der Waals surface area contributed by atoms with E-state index in [1.807, 2.05) is 36.7 Å². The molecule has 310 valence electrons. The van der Waals surface area contributed by atoms with Crippen molar-refractivity contribution < 1.29 is 0 Å². The first kappa shape index (κ1) is 38.6. The molecule has 12 aromatic rings. The van der Waals surface area contributed by atoms with Crippen LogP contribution in [0.1, 0.15) is 0 Å². The predicted octanol–water partition coefficient (Wildman–Crippen LogP) is 14.7. The highest BCUT2D eigenvalue weighted by Gasteiger charge is 2.20. The van der Waals surface area contributed by atoms with Crippen LogP contribution in [0.15, 0.2) is 237 Å². The van der Waals surface area contributed by atoms with Gasteiger partial charge in [-0.1, -0.05) is 158 Å². The molecule has 0 spiro atoms. The van der Waals surface area contributed by atoms with Gasteiger partial charge in [0.1, 0.15) is 0 Å². The molecule has 0 N–H and O–H groups in total. The number of benzene rings is 8. The molecule has 7 heteroatoms. The summed E-state index contributed by atoms with van der Waals surface area (Å²) in [6, 6.07) is 74.1.